The van der Waals surface area contributed by atoms with Crippen molar-refractivity contribution in [3.63, 3.8) is 0 Å². The zero-order chi connectivity index (χ0) is 14.5. The number of aryl methyl sites for hydroxylation is 1. The number of nitrogens with two attached hydrogens (primary N) is 1. The molecule has 5 nitrogen and oxygen atoms in total. The normalized spacial score (nSPS) is 18.2. The molecule has 1 aliphatic heterocycles. The Morgan fingerprint density at radius 3 is 2.70 bits per heavy atom. The van der Waals surface area contributed by atoms with Crippen molar-refractivity contribution in [2.75, 3.05) is 13.1 Å². The predicted molar refractivity (Wildman–Crippen MR) is 79.3 cm³/mol. The van der Waals surface area contributed by atoms with Gasteiger partial charge < -0.3 is 10.6 Å². The van der Waals surface area contributed by atoms with E-state index in [1.165, 1.54) is 5.56 Å². The van der Waals surface area contributed by atoms with Crippen LogP contribution in [0, 0.1) is 0 Å². The van der Waals surface area contributed by atoms with Crippen LogP contribution in [0.4, 0.5) is 0 Å². The maximum Gasteiger partial charge on any atom is 0.239 e. The minimum atomic E-state index is -0.320. The van der Waals surface area contributed by atoms with Gasteiger partial charge in [0.2, 0.25) is 5.91 Å². The molecule has 0 saturated carbocycles. The Morgan fingerprint density at radius 2 is 2.15 bits per heavy atom. The molecule has 1 aliphatic rings. The topological polar surface area (TPSA) is 64.2 Å². The number of hydrogen-bond acceptors (Lipinski definition) is 3. The second-order valence-electron chi connectivity index (χ2n) is 5.62. The van der Waals surface area contributed by atoms with Gasteiger partial charge in [-0.3, -0.25) is 9.48 Å². The highest BCUT2D eigenvalue weighted by Gasteiger charge is 2.27. The standard InChI is InChI=1S/C15H26N4O/c1-3-5-14(16)15(20)18-8-6-12(7-9-18)13-10-17-19(4-2)11-13/h10-12,14H,3-9,16H2,1-2H3. The van der Waals surface area contributed by atoms with Crippen molar-refractivity contribution in [1.29, 1.82) is 0 Å². The average molecular weight is 278 g/mol. The molecule has 1 aromatic heterocycles. The number of likely N-dealkylation sites (tertiary alicyclic amines) is 1. The summed E-state index contributed by atoms with van der Waals surface area (Å²) in [6.07, 6.45) is 7.86. The number of carbonyl (C=O) groups is 1. The number of piperidine rings is 1. The van der Waals surface area contributed by atoms with E-state index in [2.05, 4.69) is 25.1 Å². The molecule has 2 N–H and O–H groups in total. The SMILES string of the molecule is CCCC(N)C(=O)N1CCC(c2cnn(CC)c2)CC1. The minimum Gasteiger partial charge on any atom is -0.341 e. The third-order valence-corrected chi connectivity index (χ3v) is 4.17. The molecule has 1 fully saturated rings. The maximum absolute atomic E-state index is 12.2. The molecule has 0 bridgehead atoms. The van der Waals surface area contributed by atoms with Crippen LogP contribution >= 0.6 is 0 Å². The first-order valence-electron chi connectivity index (χ1n) is 7.72. The highest BCUT2D eigenvalue weighted by molar-refractivity contribution is 5.81. The molecule has 0 aromatic carbocycles. The maximum atomic E-state index is 12.2. The van der Waals surface area contributed by atoms with Crippen LogP contribution in [0.15, 0.2) is 12.4 Å². The fraction of sp³-hybridized carbons (Fsp3) is 0.733. The van der Waals surface area contributed by atoms with Crippen molar-refractivity contribution < 1.29 is 4.79 Å². The van der Waals surface area contributed by atoms with Gasteiger partial charge in [-0.15, -0.1) is 0 Å². The molecule has 0 spiro atoms. The quantitative estimate of drug-likeness (QED) is 0.892. The van der Waals surface area contributed by atoms with Crippen LogP contribution in [0.3, 0.4) is 0 Å². The molecule has 1 amide bonds. The van der Waals surface area contributed by atoms with E-state index in [1.807, 2.05) is 15.8 Å². The highest BCUT2D eigenvalue weighted by Crippen LogP contribution is 2.27. The third kappa shape index (κ3) is 3.39. The fourth-order valence-corrected chi connectivity index (χ4v) is 2.87. The van der Waals surface area contributed by atoms with Crippen LogP contribution in [0.5, 0.6) is 0 Å². The monoisotopic (exact) mass is 278 g/mol. The number of aromatic nitrogens is 2. The predicted octanol–water partition coefficient (Wildman–Crippen LogP) is 1.74. The van der Waals surface area contributed by atoms with Crippen molar-refractivity contribution in [1.82, 2.24) is 14.7 Å². The largest absolute Gasteiger partial charge is 0.341 e. The van der Waals surface area contributed by atoms with Crippen molar-refractivity contribution >= 4 is 5.91 Å². The first-order chi connectivity index (χ1) is 9.65. The lowest BCUT2D eigenvalue weighted by Crippen LogP contribution is -2.46. The Labute approximate surface area is 121 Å². The lowest BCUT2D eigenvalue weighted by Gasteiger charge is -2.33. The highest BCUT2D eigenvalue weighted by atomic mass is 16.2. The number of amides is 1. The van der Waals surface area contributed by atoms with Gasteiger partial charge in [0.25, 0.3) is 0 Å². The van der Waals surface area contributed by atoms with Crippen LogP contribution < -0.4 is 5.73 Å². The number of hydrogen-bond donors (Lipinski definition) is 1. The molecule has 2 rings (SSSR count). The van der Waals surface area contributed by atoms with E-state index in [0.717, 1.165) is 45.3 Å². The van der Waals surface area contributed by atoms with E-state index in [1.54, 1.807) is 0 Å². The number of nitrogens with zero attached hydrogens (tertiary/aromatic N) is 3. The Hall–Kier alpha value is -1.36. The second kappa shape index (κ2) is 6.88. The number of rotatable bonds is 5. The summed E-state index contributed by atoms with van der Waals surface area (Å²) in [6.45, 7) is 6.69. The molecule has 0 aliphatic carbocycles. The summed E-state index contributed by atoms with van der Waals surface area (Å²) < 4.78 is 1.96. The van der Waals surface area contributed by atoms with Crippen LogP contribution in [-0.4, -0.2) is 39.7 Å². The van der Waals surface area contributed by atoms with Crippen LogP contribution in [-0.2, 0) is 11.3 Å². The van der Waals surface area contributed by atoms with Gasteiger partial charge >= 0.3 is 0 Å². The van der Waals surface area contributed by atoms with Crippen molar-refractivity contribution in [2.24, 2.45) is 5.73 Å². The molecule has 1 aromatic rings. The lowest BCUT2D eigenvalue weighted by molar-refractivity contribution is -0.133. The van der Waals surface area contributed by atoms with E-state index in [9.17, 15) is 4.79 Å². The Kier molecular flexibility index (Phi) is 5.17. The van der Waals surface area contributed by atoms with Gasteiger partial charge in [-0.05, 0) is 37.7 Å². The van der Waals surface area contributed by atoms with Gasteiger partial charge in [-0.25, -0.2) is 0 Å². The molecular formula is C15H26N4O. The molecular weight excluding hydrogens is 252 g/mol. The van der Waals surface area contributed by atoms with E-state index >= 15 is 0 Å². The number of carbonyl (C=O) groups excluding carboxylic acids is 1. The van der Waals surface area contributed by atoms with Crippen LogP contribution in [0.2, 0.25) is 0 Å². The molecule has 1 saturated heterocycles. The van der Waals surface area contributed by atoms with Crippen molar-refractivity contribution in [2.45, 2.75) is 58.0 Å². The van der Waals surface area contributed by atoms with Crippen LogP contribution in [0.25, 0.3) is 0 Å². The van der Waals surface area contributed by atoms with E-state index in [-0.39, 0.29) is 11.9 Å². The Morgan fingerprint density at radius 1 is 1.45 bits per heavy atom. The molecule has 2 heterocycles. The van der Waals surface area contributed by atoms with Gasteiger partial charge in [0, 0.05) is 25.8 Å². The second-order valence-corrected chi connectivity index (χ2v) is 5.62. The molecule has 5 heteroatoms. The Bertz CT molecular complexity index is 435. The van der Waals surface area contributed by atoms with E-state index < -0.39 is 0 Å². The molecule has 1 atom stereocenters. The van der Waals surface area contributed by atoms with Crippen LogP contribution in [0.1, 0.15) is 51.0 Å². The fourth-order valence-electron chi connectivity index (χ4n) is 2.87. The zero-order valence-corrected chi connectivity index (χ0v) is 12.6. The summed E-state index contributed by atoms with van der Waals surface area (Å²) >= 11 is 0. The van der Waals surface area contributed by atoms with Crippen molar-refractivity contribution in [3.8, 4) is 0 Å². The van der Waals surface area contributed by atoms with E-state index in [4.69, 9.17) is 5.73 Å². The summed E-state index contributed by atoms with van der Waals surface area (Å²) in [7, 11) is 0. The molecule has 20 heavy (non-hydrogen) atoms. The van der Waals surface area contributed by atoms with Gasteiger partial charge in [0.1, 0.15) is 0 Å². The van der Waals surface area contributed by atoms with Gasteiger partial charge in [0.05, 0.1) is 12.2 Å². The van der Waals surface area contributed by atoms with Gasteiger partial charge in [-0.1, -0.05) is 13.3 Å². The lowest BCUT2D eigenvalue weighted by atomic mass is 9.91. The van der Waals surface area contributed by atoms with E-state index in [0.29, 0.717) is 5.92 Å². The summed E-state index contributed by atoms with van der Waals surface area (Å²) in [6, 6.07) is -0.320. The molecule has 0 radical (unpaired) electrons. The van der Waals surface area contributed by atoms with Gasteiger partial charge in [0.15, 0.2) is 0 Å². The summed E-state index contributed by atoms with van der Waals surface area (Å²) in [5.74, 6) is 0.649. The van der Waals surface area contributed by atoms with Gasteiger partial charge in [-0.2, -0.15) is 5.10 Å². The zero-order valence-electron chi connectivity index (χ0n) is 12.6. The first-order valence-corrected chi connectivity index (χ1v) is 7.72. The molecule has 1 unspecified atom stereocenters. The summed E-state index contributed by atoms with van der Waals surface area (Å²) in [4.78, 5) is 14.1. The molecule has 112 valence electrons. The third-order valence-electron chi connectivity index (χ3n) is 4.17. The summed E-state index contributed by atoms with van der Waals surface area (Å²) in [5.41, 5.74) is 7.22. The Balaban J connectivity index is 1.87. The first kappa shape index (κ1) is 15.0. The average Bonchev–Trinajstić information content (AvgIpc) is 2.96. The summed E-state index contributed by atoms with van der Waals surface area (Å²) in [5, 5.41) is 4.33. The van der Waals surface area contributed by atoms with Crippen molar-refractivity contribution in [3.05, 3.63) is 18.0 Å². The minimum absolute atomic E-state index is 0.120. The smallest absolute Gasteiger partial charge is 0.239 e.